The number of benzene rings is 3. The summed E-state index contributed by atoms with van der Waals surface area (Å²) >= 11 is 0. The van der Waals surface area contributed by atoms with Gasteiger partial charge in [0.2, 0.25) is 0 Å². The minimum atomic E-state index is -1.15. The van der Waals surface area contributed by atoms with E-state index in [9.17, 15) is 9.18 Å². The van der Waals surface area contributed by atoms with Gasteiger partial charge in [-0.05, 0) is 30.3 Å². The maximum absolute atomic E-state index is 14.6. The Morgan fingerprint density at radius 2 is 1.58 bits per heavy atom. The number of halogens is 1. The molecule has 0 aliphatic carbocycles. The predicted octanol–water partition coefficient (Wildman–Crippen LogP) is 4.04. The molecule has 1 atom stereocenters. The number of amides is 1. The number of nitrogens with two attached hydrogens (primary N) is 1. The summed E-state index contributed by atoms with van der Waals surface area (Å²) in [5, 5.41) is 1.02. The minimum Gasteiger partial charge on any atom is -0.303 e. The third kappa shape index (κ3) is 3.47. The lowest BCUT2D eigenvalue weighted by molar-refractivity contribution is -0.119. The molecular formula is C25H19FN4O. The molecule has 4 aromatic rings. The maximum atomic E-state index is 14.6. The fraction of sp³-hybridized carbons (Fsp3) is 0.0800. The summed E-state index contributed by atoms with van der Waals surface area (Å²) in [6, 6.07) is 25.4. The molecule has 0 saturated carbocycles. The number of aliphatic imine (C=N–C) groups is 1. The number of nitrogens with zero attached hydrogens (tertiary/aromatic N) is 3. The van der Waals surface area contributed by atoms with Gasteiger partial charge in [0.15, 0.2) is 6.17 Å². The van der Waals surface area contributed by atoms with Crippen LogP contribution in [0.5, 0.6) is 0 Å². The number of benzodiazepines with no additional fused rings is 1. The molecule has 1 aliphatic rings. The molecule has 6 heteroatoms. The third-order valence-electron chi connectivity index (χ3n) is 5.34. The molecule has 2 heterocycles. The Morgan fingerprint density at radius 1 is 0.871 bits per heavy atom. The van der Waals surface area contributed by atoms with Gasteiger partial charge < -0.3 is 10.6 Å². The average Bonchev–Trinajstić information content (AvgIpc) is 2.90. The molecule has 5 rings (SSSR count). The third-order valence-corrected chi connectivity index (χ3v) is 5.34. The van der Waals surface area contributed by atoms with Crippen molar-refractivity contribution in [1.29, 1.82) is 0 Å². The topological polar surface area (TPSA) is 71.6 Å². The first-order valence-corrected chi connectivity index (χ1v) is 9.95. The number of anilines is 1. The van der Waals surface area contributed by atoms with E-state index < -0.39 is 12.0 Å². The second kappa shape index (κ2) is 7.74. The van der Waals surface area contributed by atoms with Gasteiger partial charge in [0, 0.05) is 16.5 Å². The number of rotatable bonds is 3. The van der Waals surface area contributed by atoms with Crippen molar-refractivity contribution in [2.45, 2.75) is 12.7 Å². The van der Waals surface area contributed by atoms with Gasteiger partial charge in [0.25, 0.3) is 5.91 Å². The first-order valence-electron chi connectivity index (χ1n) is 9.95. The van der Waals surface area contributed by atoms with Crippen molar-refractivity contribution < 1.29 is 9.18 Å². The number of hydrogen-bond acceptors (Lipinski definition) is 4. The Morgan fingerprint density at radius 3 is 2.42 bits per heavy atom. The molecule has 0 fully saturated rings. The molecule has 5 nitrogen and oxygen atoms in total. The van der Waals surface area contributed by atoms with Crippen LogP contribution in [0.4, 0.5) is 10.1 Å². The van der Waals surface area contributed by atoms with Crippen molar-refractivity contribution in [3.8, 4) is 0 Å². The molecule has 1 amide bonds. The first kappa shape index (κ1) is 19.1. The Hall–Kier alpha value is -3.90. The van der Waals surface area contributed by atoms with Crippen LogP contribution in [0.2, 0.25) is 0 Å². The smallest absolute Gasteiger partial charge is 0.266 e. The lowest BCUT2D eigenvalue weighted by atomic mass is 9.99. The SMILES string of the molecule is NC1N=C(c2ccccc2F)c2ccccc2N(Cc2ccc3ccccc3n2)C1=O. The van der Waals surface area contributed by atoms with Gasteiger partial charge in [-0.2, -0.15) is 0 Å². The van der Waals surface area contributed by atoms with E-state index in [2.05, 4.69) is 4.99 Å². The highest BCUT2D eigenvalue weighted by atomic mass is 19.1. The fourth-order valence-corrected chi connectivity index (χ4v) is 3.84. The van der Waals surface area contributed by atoms with Crippen molar-refractivity contribution in [3.05, 3.63) is 108 Å². The van der Waals surface area contributed by atoms with Crippen LogP contribution in [0, 0.1) is 5.82 Å². The van der Waals surface area contributed by atoms with Crippen LogP contribution < -0.4 is 10.6 Å². The first-order chi connectivity index (χ1) is 15.1. The second-order valence-corrected chi connectivity index (χ2v) is 7.34. The van der Waals surface area contributed by atoms with E-state index in [-0.39, 0.29) is 12.5 Å². The van der Waals surface area contributed by atoms with E-state index in [0.29, 0.717) is 22.5 Å². The van der Waals surface area contributed by atoms with Gasteiger partial charge in [-0.25, -0.2) is 4.39 Å². The van der Waals surface area contributed by atoms with Crippen LogP contribution >= 0.6 is 0 Å². The largest absolute Gasteiger partial charge is 0.303 e. The molecule has 0 saturated heterocycles. The van der Waals surface area contributed by atoms with Gasteiger partial charge in [0.1, 0.15) is 5.82 Å². The van der Waals surface area contributed by atoms with Crippen molar-refractivity contribution in [3.63, 3.8) is 0 Å². The molecule has 0 radical (unpaired) electrons. The normalized spacial score (nSPS) is 16.1. The molecule has 152 valence electrons. The van der Waals surface area contributed by atoms with Crippen LogP contribution in [0.15, 0.2) is 89.9 Å². The molecule has 31 heavy (non-hydrogen) atoms. The Kier molecular flexibility index (Phi) is 4.76. The van der Waals surface area contributed by atoms with E-state index in [4.69, 9.17) is 10.7 Å². The summed E-state index contributed by atoms with van der Waals surface area (Å²) in [5.74, 6) is -0.783. The van der Waals surface area contributed by atoms with Crippen molar-refractivity contribution >= 4 is 28.2 Å². The zero-order valence-electron chi connectivity index (χ0n) is 16.6. The van der Waals surface area contributed by atoms with E-state index in [1.165, 1.54) is 6.07 Å². The lowest BCUT2D eigenvalue weighted by Gasteiger charge is -2.24. The number of pyridine rings is 1. The summed E-state index contributed by atoms with van der Waals surface area (Å²) in [6.07, 6.45) is -1.15. The van der Waals surface area contributed by atoms with E-state index in [1.807, 2.05) is 60.7 Å². The summed E-state index contributed by atoms with van der Waals surface area (Å²) in [4.78, 5) is 23.9. The molecule has 2 N–H and O–H groups in total. The molecule has 1 unspecified atom stereocenters. The second-order valence-electron chi connectivity index (χ2n) is 7.34. The summed E-state index contributed by atoms with van der Waals surface area (Å²) < 4.78 is 14.6. The molecule has 1 aliphatic heterocycles. The Balaban J connectivity index is 1.61. The number of hydrogen-bond donors (Lipinski definition) is 1. The average molecular weight is 410 g/mol. The Labute approximate surface area is 178 Å². The van der Waals surface area contributed by atoms with Crippen molar-refractivity contribution in [2.24, 2.45) is 10.7 Å². The van der Waals surface area contributed by atoms with Crippen molar-refractivity contribution in [1.82, 2.24) is 4.98 Å². The Bertz CT molecular complexity index is 1330. The molecule has 1 aromatic heterocycles. The highest BCUT2D eigenvalue weighted by Gasteiger charge is 2.31. The number of para-hydroxylation sites is 2. The van der Waals surface area contributed by atoms with E-state index in [0.717, 1.165) is 16.6 Å². The van der Waals surface area contributed by atoms with Crippen LogP contribution in [0.25, 0.3) is 10.9 Å². The summed E-state index contributed by atoms with van der Waals surface area (Å²) in [5.41, 5.74) is 9.67. The zero-order valence-corrected chi connectivity index (χ0v) is 16.6. The quantitative estimate of drug-likeness (QED) is 0.554. The van der Waals surface area contributed by atoms with E-state index in [1.54, 1.807) is 23.1 Å². The zero-order chi connectivity index (χ0) is 21.4. The number of fused-ring (bicyclic) bond motifs is 2. The highest BCUT2D eigenvalue weighted by molar-refractivity contribution is 6.20. The summed E-state index contributed by atoms with van der Waals surface area (Å²) in [7, 11) is 0. The van der Waals surface area contributed by atoms with Crippen molar-refractivity contribution in [2.75, 3.05) is 4.90 Å². The highest BCUT2D eigenvalue weighted by Crippen LogP contribution is 2.30. The van der Waals surface area contributed by atoms with Crippen LogP contribution in [0.3, 0.4) is 0 Å². The van der Waals surface area contributed by atoms with Crippen LogP contribution in [-0.4, -0.2) is 22.8 Å². The minimum absolute atomic E-state index is 0.231. The van der Waals surface area contributed by atoms with E-state index >= 15 is 0 Å². The van der Waals surface area contributed by atoms with Gasteiger partial charge >= 0.3 is 0 Å². The fourth-order valence-electron chi connectivity index (χ4n) is 3.84. The van der Waals surface area contributed by atoms with Gasteiger partial charge in [-0.15, -0.1) is 0 Å². The molecule has 0 spiro atoms. The molecular weight excluding hydrogens is 391 g/mol. The van der Waals surface area contributed by atoms with Crippen LogP contribution in [0.1, 0.15) is 16.8 Å². The van der Waals surface area contributed by atoms with Crippen LogP contribution in [-0.2, 0) is 11.3 Å². The predicted molar refractivity (Wildman–Crippen MR) is 119 cm³/mol. The standard InChI is InChI=1S/C25H19FN4O/c26-20-10-4-2-8-18(20)23-19-9-3-6-12-22(19)30(25(31)24(27)29-23)15-17-14-13-16-7-1-5-11-21(16)28-17/h1-14,24H,15,27H2. The number of aromatic nitrogens is 1. The summed E-state index contributed by atoms with van der Waals surface area (Å²) in [6.45, 7) is 0.231. The van der Waals surface area contributed by atoms with Gasteiger partial charge in [0.05, 0.1) is 29.2 Å². The van der Waals surface area contributed by atoms with Gasteiger partial charge in [-0.1, -0.05) is 54.6 Å². The lowest BCUT2D eigenvalue weighted by Crippen LogP contribution is -2.42. The number of carbonyl (C=O) groups excluding carboxylic acids is 1. The molecule has 0 bridgehead atoms. The number of carbonyl (C=O) groups is 1. The van der Waals surface area contributed by atoms with Gasteiger partial charge in [-0.3, -0.25) is 14.8 Å². The maximum Gasteiger partial charge on any atom is 0.266 e. The molecule has 3 aromatic carbocycles. The monoisotopic (exact) mass is 410 g/mol.